The Labute approximate surface area is 235 Å². The lowest BCUT2D eigenvalue weighted by molar-refractivity contribution is -0.119. The van der Waals surface area contributed by atoms with Crippen LogP contribution < -0.4 is 24.0 Å². The molecule has 2 heterocycles. The maximum Gasteiger partial charge on any atom is 0.387 e. The first-order chi connectivity index (χ1) is 19.7. The summed E-state index contributed by atoms with van der Waals surface area (Å²) < 4.78 is 44.0. The molecule has 0 aliphatic heterocycles. The van der Waals surface area contributed by atoms with E-state index in [1.165, 1.54) is 18.2 Å². The van der Waals surface area contributed by atoms with Gasteiger partial charge in [-0.3, -0.25) is 9.69 Å². The Morgan fingerprint density at radius 3 is 2.59 bits per heavy atom. The highest BCUT2D eigenvalue weighted by atomic mass is 19.3. The van der Waals surface area contributed by atoms with Gasteiger partial charge in [-0.2, -0.15) is 14.0 Å². The van der Waals surface area contributed by atoms with Crippen molar-refractivity contribution in [3.63, 3.8) is 0 Å². The molecule has 4 aromatic rings. The van der Waals surface area contributed by atoms with Crippen LogP contribution in [0.4, 0.5) is 26.1 Å². The highest BCUT2D eigenvalue weighted by Crippen LogP contribution is 2.39. The smallest absolute Gasteiger partial charge is 0.387 e. The summed E-state index contributed by atoms with van der Waals surface area (Å²) in [7, 11) is 6.57. The Balaban J connectivity index is 1.64. The van der Waals surface area contributed by atoms with Gasteiger partial charge in [-0.1, -0.05) is 0 Å². The van der Waals surface area contributed by atoms with Crippen LogP contribution in [0.25, 0.3) is 11.0 Å². The molecule has 0 spiro atoms. The number of ether oxygens (including phenoxy) is 3. The van der Waals surface area contributed by atoms with Crippen LogP contribution in [0, 0.1) is 17.2 Å². The largest absolute Gasteiger partial charge is 0.497 e. The summed E-state index contributed by atoms with van der Waals surface area (Å²) in [5.74, 6) is 1.44. The molecular formula is C29H28F2N6O4. The van der Waals surface area contributed by atoms with Gasteiger partial charge in [0.2, 0.25) is 5.91 Å². The van der Waals surface area contributed by atoms with E-state index < -0.39 is 6.61 Å². The van der Waals surface area contributed by atoms with Gasteiger partial charge in [0, 0.05) is 43.8 Å². The minimum Gasteiger partial charge on any atom is -0.497 e. The average Bonchev–Trinajstić information content (AvgIpc) is 3.77. The number of amides is 1. The molecule has 1 fully saturated rings. The molecule has 0 unspecified atom stereocenters. The van der Waals surface area contributed by atoms with E-state index in [0.717, 1.165) is 18.4 Å². The van der Waals surface area contributed by atoms with Gasteiger partial charge in [-0.25, -0.2) is 9.97 Å². The molecule has 41 heavy (non-hydrogen) atoms. The third kappa shape index (κ3) is 5.56. The molecule has 1 saturated carbocycles. The van der Waals surface area contributed by atoms with Crippen LogP contribution >= 0.6 is 0 Å². The van der Waals surface area contributed by atoms with Crippen molar-refractivity contribution in [3.8, 4) is 23.3 Å². The Kier molecular flexibility index (Phi) is 7.61. The minimum absolute atomic E-state index is 0.0952. The van der Waals surface area contributed by atoms with Gasteiger partial charge < -0.3 is 23.7 Å². The van der Waals surface area contributed by atoms with Gasteiger partial charge in [0.05, 0.1) is 49.9 Å². The van der Waals surface area contributed by atoms with Crippen molar-refractivity contribution >= 4 is 34.3 Å². The van der Waals surface area contributed by atoms with Gasteiger partial charge in [0.15, 0.2) is 11.6 Å². The molecule has 0 saturated heterocycles. The molecule has 2 aromatic heterocycles. The molecule has 5 rings (SSSR count). The number of alkyl halides is 2. The molecule has 0 radical (unpaired) electrons. The van der Waals surface area contributed by atoms with Gasteiger partial charge in [-0.15, -0.1) is 0 Å². The second kappa shape index (κ2) is 11.3. The third-order valence-electron chi connectivity index (χ3n) is 6.96. The number of methoxy groups -OCH3 is 2. The Morgan fingerprint density at radius 1 is 1.15 bits per heavy atom. The first kappa shape index (κ1) is 27.6. The molecule has 0 atom stereocenters. The molecule has 1 amide bonds. The Bertz CT molecular complexity index is 1650. The zero-order valence-electron chi connectivity index (χ0n) is 23.0. The van der Waals surface area contributed by atoms with Crippen LogP contribution in [-0.2, 0) is 18.4 Å². The fourth-order valence-corrected chi connectivity index (χ4v) is 4.59. The number of nitrogens with zero attached hydrogens (tertiary/aromatic N) is 6. The number of imidazole rings is 1. The van der Waals surface area contributed by atoms with Crippen molar-refractivity contribution < 1.29 is 27.8 Å². The number of aryl methyl sites for hydroxylation is 1. The molecule has 12 heteroatoms. The van der Waals surface area contributed by atoms with Crippen LogP contribution in [0.15, 0.2) is 48.8 Å². The topological polar surface area (TPSA) is 106 Å². The van der Waals surface area contributed by atoms with E-state index >= 15 is 0 Å². The van der Waals surface area contributed by atoms with E-state index in [-0.39, 0.29) is 35.4 Å². The SMILES string of the molecule is COc1ccc(CN(C(=O)C2CC2)c2nc(N(C)c3ccc(C#N)cc3OC(F)F)cc3c2ncn3C)c(OC)c1. The van der Waals surface area contributed by atoms with E-state index in [0.29, 0.717) is 34.2 Å². The van der Waals surface area contributed by atoms with Crippen molar-refractivity contribution in [3.05, 3.63) is 59.9 Å². The number of carbonyl (C=O) groups excluding carboxylic acids is 1. The van der Waals surface area contributed by atoms with Gasteiger partial charge in [-0.05, 0) is 37.1 Å². The van der Waals surface area contributed by atoms with Crippen LogP contribution in [0.3, 0.4) is 0 Å². The summed E-state index contributed by atoms with van der Waals surface area (Å²) in [4.78, 5) is 26.3. The van der Waals surface area contributed by atoms with E-state index in [4.69, 9.17) is 19.2 Å². The normalized spacial score (nSPS) is 12.7. The summed E-state index contributed by atoms with van der Waals surface area (Å²) in [5, 5.41) is 9.27. The molecule has 0 bridgehead atoms. The molecule has 10 nitrogen and oxygen atoms in total. The second-order valence-electron chi connectivity index (χ2n) is 9.64. The summed E-state index contributed by atoms with van der Waals surface area (Å²) in [5.41, 5.74) is 2.36. The Morgan fingerprint density at radius 2 is 1.93 bits per heavy atom. The first-order valence-electron chi connectivity index (χ1n) is 12.8. The lowest BCUT2D eigenvalue weighted by Gasteiger charge is -2.26. The lowest BCUT2D eigenvalue weighted by Crippen LogP contribution is -2.33. The predicted octanol–water partition coefficient (Wildman–Crippen LogP) is 5.17. The van der Waals surface area contributed by atoms with E-state index in [9.17, 15) is 18.8 Å². The van der Waals surface area contributed by atoms with E-state index in [1.807, 2.05) is 19.2 Å². The number of nitriles is 1. The predicted molar refractivity (Wildman–Crippen MR) is 148 cm³/mol. The highest BCUT2D eigenvalue weighted by Gasteiger charge is 2.36. The van der Waals surface area contributed by atoms with Crippen molar-refractivity contribution in [2.24, 2.45) is 13.0 Å². The zero-order chi connectivity index (χ0) is 29.3. The summed E-state index contributed by atoms with van der Waals surface area (Å²) in [6, 6.07) is 13.3. The summed E-state index contributed by atoms with van der Waals surface area (Å²) in [6.07, 6.45) is 3.18. The third-order valence-corrected chi connectivity index (χ3v) is 6.96. The standard InChI is InChI=1S/C29H28F2N6O4/c1-35-16-33-26-22(35)13-25(36(2)21-10-5-17(14-32)11-24(21)41-29(30)31)34-27(26)37(28(38)18-6-7-18)15-19-8-9-20(39-3)12-23(19)40-4/h5,8-13,16,18,29H,6-7,15H2,1-4H3. The van der Waals surface area contributed by atoms with Crippen LogP contribution in [0.1, 0.15) is 24.0 Å². The van der Waals surface area contributed by atoms with E-state index in [2.05, 4.69) is 4.98 Å². The number of halogens is 2. The number of anilines is 3. The highest BCUT2D eigenvalue weighted by molar-refractivity contribution is 6.02. The molecule has 0 N–H and O–H groups in total. The fourth-order valence-electron chi connectivity index (χ4n) is 4.59. The minimum atomic E-state index is -3.09. The fraction of sp³-hybridized carbons (Fsp3) is 0.310. The van der Waals surface area contributed by atoms with Crippen LogP contribution in [-0.4, -0.2) is 48.3 Å². The number of rotatable bonds is 10. The summed E-state index contributed by atoms with van der Waals surface area (Å²) in [6.45, 7) is -2.93. The molecule has 1 aliphatic carbocycles. The van der Waals surface area contributed by atoms with Crippen LogP contribution in [0.5, 0.6) is 17.2 Å². The molecule has 1 aliphatic rings. The van der Waals surface area contributed by atoms with Crippen molar-refractivity contribution in [1.29, 1.82) is 5.26 Å². The number of benzene rings is 2. The quantitative estimate of drug-likeness (QED) is 0.261. The monoisotopic (exact) mass is 562 g/mol. The van der Waals surface area contributed by atoms with Gasteiger partial charge >= 0.3 is 6.61 Å². The van der Waals surface area contributed by atoms with Crippen molar-refractivity contribution in [2.75, 3.05) is 31.1 Å². The van der Waals surface area contributed by atoms with Gasteiger partial charge in [0.1, 0.15) is 22.8 Å². The van der Waals surface area contributed by atoms with E-state index in [1.54, 1.807) is 60.2 Å². The van der Waals surface area contributed by atoms with Crippen molar-refractivity contribution in [1.82, 2.24) is 14.5 Å². The maximum atomic E-state index is 13.7. The van der Waals surface area contributed by atoms with Gasteiger partial charge in [0.25, 0.3) is 0 Å². The average molecular weight is 563 g/mol. The molecule has 2 aromatic carbocycles. The molecular weight excluding hydrogens is 534 g/mol. The van der Waals surface area contributed by atoms with Crippen molar-refractivity contribution in [2.45, 2.75) is 26.0 Å². The van der Waals surface area contributed by atoms with Crippen LogP contribution in [0.2, 0.25) is 0 Å². The molecule has 212 valence electrons. The number of pyridine rings is 1. The number of hydrogen-bond donors (Lipinski definition) is 0. The summed E-state index contributed by atoms with van der Waals surface area (Å²) >= 11 is 0. The maximum absolute atomic E-state index is 13.7. The number of fused-ring (bicyclic) bond motifs is 1. The lowest BCUT2D eigenvalue weighted by atomic mass is 10.1. The zero-order valence-corrected chi connectivity index (χ0v) is 23.0. The second-order valence-corrected chi connectivity index (χ2v) is 9.64. The Hall–Kier alpha value is -4.92. The number of carbonyl (C=O) groups is 1. The first-order valence-corrected chi connectivity index (χ1v) is 12.8. The number of hydrogen-bond acceptors (Lipinski definition) is 8. The number of aromatic nitrogens is 3.